The van der Waals surface area contributed by atoms with E-state index in [1.54, 1.807) is 0 Å². The van der Waals surface area contributed by atoms with Crippen LogP contribution in [0.3, 0.4) is 0 Å². The van der Waals surface area contributed by atoms with E-state index >= 15 is 0 Å². The molecular weight excluding hydrogens is 462 g/mol. The third kappa shape index (κ3) is 3.23. The quantitative estimate of drug-likeness (QED) is 0.359. The zero-order valence-electron chi connectivity index (χ0n) is 12.1. The zero-order valence-corrected chi connectivity index (χ0v) is 12.1. The highest BCUT2D eigenvalue weighted by Gasteiger charge is 2.95. The van der Waals surface area contributed by atoms with Gasteiger partial charge in [-0.2, -0.15) is 74.6 Å². The fourth-order valence-electron chi connectivity index (χ4n) is 1.42. The van der Waals surface area contributed by atoms with E-state index < -0.39 is 60.7 Å². The van der Waals surface area contributed by atoms with Crippen LogP contribution in [0.1, 0.15) is 6.42 Å². The summed E-state index contributed by atoms with van der Waals surface area (Å²) in [6.07, 6.45) is -11.0. The minimum Gasteiger partial charge on any atom is -0.244 e. The smallest absolute Gasteiger partial charge is 0.244 e. The van der Waals surface area contributed by atoms with E-state index in [2.05, 4.69) is 0 Å². The molecule has 0 rings (SSSR count). The number of rotatable bonds is 8. The normalized spacial score (nSPS) is 16.5. The van der Waals surface area contributed by atoms with Crippen LogP contribution in [0.2, 0.25) is 0 Å². The highest BCUT2D eigenvalue weighted by Crippen LogP contribution is 2.64. The Hall–Kier alpha value is -1.26. The van der Waals surface area contributed by atoms with Crippen LogP contribution in [0.15, 0.2) is 0 Å². The number of hydrogen-bond donors (Lipinski definition) is 0. The summed E-state index contributed by atoms with van der Waals surface area (Å²) in [6, 6.07) is 0. The second-order valence-corrected chi connectivity index (χ2v) is 5.01. The summed E-state index contributed by atoms with van der Waals surface area (Å²) in [5.74, 6) is -56.9. The molecule has 0 spiro atoms. The summed E-state index contributed by atoms with van der Waals surface area (Å²) in [4.78, 5) is 0. The Bertz CT molecular complexity index is 553. The Labute approximate surface area is 141 Å². The first-order chi connectivity index (χ1) is 11.8. The maximum Gasteiger partial charge on any atom is 0.460 e. The van der Waals surface area contributed by atoms with Crippen molar-refractivity contribution in [2.75, 3.05) is 0 Å². The molecule has 0 atom stereocenters. The molecule has 0 amide bonds. The molecule has 0 aliphatic rings. The van der Waals surface area contributed by atoms with Crippen LogP contribution in [0.25, 0.3) is 0 Å². The third-order valence-corrected chi connectivity index (χ3v) is 3.12. The number of hydrogen-bond acceptors (Lipinski definition) is 0. The SMILES string of the molecule is F[CH]CC(F)(F)C(F)(F)C(F)(F)C(F)(F)C(F)(F)C(F)(F)C(F)(F)C(F)(F)F. The van der Waals surface area contributed by atoms with Gasteiger partial charge in [0, 0.05) is 0 Å². The minimum absolute atomic E-state index is 1.56. The van der Waals surface area contributed by atoms with Crippen LogP contribution in [0.5, 0.6) is 0 Å². The van der Waals surface area contributed by atoms with Crippen molar-refractivity contribution in [2.45, 2.75) is 54.1 Å². The average Bonchev–Trinajstić information content (AvgIpc) is 2.44. The maximum atomic E-state index is 13.1. The van der Waals surface area contributed by atoms with Gasteiger partial charge in [-0.05, 0) is 0 Å². The standard InChI is InChI=1S/C10H3F18/c11-2-1-3(12,13)4(14,15)5(16,17)6(18,19)7(20,21)8(22,23)9(24,25)10(26,27)28/h2H,1H2. The number of alkyl halides is 17. The van der Waals surface area contributed by atoms with E-state index in [9.17, 15) is 79.0 Å². The summed E-state index contributed by atoms with van der Waals surface area (Å²) in [6.45, 7) is -1.56. The molecule has 0 aliphatic heterocycles. The van der Waals surface area contributed by atoms with Gasteiger partial charge >= 0.3 is 47.6 Å². The Morgan fingerprint density at radius 3 is 0.893 bits per heavy atom. The van der Waals surface area contributed by atoms with Gasteiger partial charge in [0.05, 0.1) is 6.42 Å². The van der Waals surface area contributed by atoms with E-state index in [0.29, 0.717) is 0 Å². The Kier molecular flexibility index (Phi) is 6.33. The van der Waals surface area contributed by atoms with Gasteiger partial charge in [-0.3, -0.25) is 0 Å². The first-order valence-corrected chi connectivity index (χ1v) is 5.94. The lowest BCUT2D eigenvalue weighted by Crippen LogP contribution is -2.74. The fourth-order valence-corrected chi connectivity index (χ4v) is 1.42. The van der Waals surface area contributed by atoms with Gasteiger partial charge in [0.25, 0.3) is 0 Å². The second-order valence-electron chi connectivity index (χ2n) is 5.01. The van der Waals surface area contributed by atoms with Crippen LogP contribution >= 0.6 is 0 Å². The lowest BCUT2D eigenvalue weighted by molar-refractivity contribution is -0.461. The van der Waals surface area contributed by atoms with Crippen molar-refractivity contribution in [3.05, 3.63) is 6.67 Å². The van der Waals surface area contributed by atoms with E-state index in [1.165, 1.54) is 0 Å². The molecule has 0 bridgehead atoms. The summed E-state index contributed by atoms with van der Waals surface area (Å²) in [5, 5.41) is 0. The van der Waals surface area contributed by atoms with Gasteiger partial charge in [0.15, 0.2) is 0 Å². The minimum atomic E-state index is -8.67. The van der Waals surface area contributed by atoms with Crippen LogP contribution in [-0.4, -0.2) is 47.6 Å². The van der Waals surface area contributed by atoms with Crippen LogP contribution in [0.4, 0.5) is 79.0 Å². The molecule has 0 aromatic carbocycles. The summed E-state index contributed by atoms with van der Waals surface area (Å²) in [5.41, 5.74) is 0. The van der Waals surface area contributed by atoms with Gasteiger partial charge in [-0.1, -0.05) is 0 Å². The maximum absolute atomic E-state index is 13.1. The predicted octanol–water partition coefficient (Wildman–Crippen LogP) is 6.52. The van der Waals surface area contributed by atoms with Crippen molar-refractivity contribution in [1.82, 2.24) is 0 Å². The summed E-state index contributed by atoms with van der Waals surface area (Å²) >= 11 is 0. The van der Waals surface area contributed by atoms with Crippen molar-refractivity contribution in [1.29, 1.82) is 0 Å². The Balaban J connectivity index is 6.63. The highest BCUT2D eigenvalue weighted by atomic mass is 19.4. The molecule has 28 heavy (non-hydrogen) atoms. The molecule has 0 heterocycles. The van der Waals surface area contributed by atoms with Crippen molar-refractivity contribution in [2.24, 2.45) is 0 Å². The van der Waals surface area contributed by atoms with Gasteiger partial charge in [0.1, 0.15) is 6.67 Å². The molecule has 0 fully saturated rings. The summed E-state index contributed by atoms with van der Waals surface area (Å²) in [7, 11) is 0. The molecule has 0 unspecified atom stereocenters. The van der Waals surface area contributed by atoms with E-state index in [-0.39, 0.29) is 0 Å². The lowest BCUT2D eigenvalue weighted by atomic mass is 9.88. The molecule has 0 nitrogen and oxygen atoms in total. The fraction of sp³-hybridized carbons (Fsp3) is 0.900. The Morgan fingerprint density at radius 1 is 0.393 bits per heavy atom. The average molecular weight is 465 g/mol. The second kappa shape index (κ2) is 6.63. The van der Waals surface area contributed by atoms with Gasteiger partial charge < -0.3 is 0 Å². The van der Waals surface area contributed by atoms with Gasteiger partial charge in [0.2, 0.25) is 0 Å². The molecule has 0 N–H and O–H groups in total. The Morgan fingerprint density at radius 2 is 0.643 bits per heavy atom. The van der Waals surface area contributed by atoms with Gasteiger partial charge in [-0.15, -0.1) is 0 Å². The van der Waals surface area contributed by atoms with Crippen molar-refractivity contribution in [3.63, 3.8) is 0 Å². The predicted molar refractivity (Wildman–Crippen MR) is 50.7 cm³/mol. The molecule has 0 saturated carbocycles. The summed E-state index contributed by atoms with van der Waals surface area (Å²) < 4.78 is 227. The third-order valence-electron chi connectivity index (χ3n) is 3.12. The van der Waals surface area contributed by atoms with E-state index in [0.717, 1.165) is 0 Å². The van der Waals surface area contributed by atoms with Crippen molar-refractivity contribution >= 4 is 0 Å². The van der Waals surface area contributed by atoms with Crippen molar-refractivity contribution in [3.8, 4) is 0 Å². The van der Waals surface area contributed by atoms with Crippen LogP contribution in [-0.2, 0) is 0 Å². The largest absolute Gasteiger partial charge is 0.460 e. The molecular formula is C10H3F18. The van der Waals surface area contributed by atoms with E-state index in [4.69, 9.17) is 0 Å². The van der Waals surface area contributed by atoms with Gasteiger partial charge in [-0.25, -0.2) is 4.39 Å². The first kappa shape index (κ1) is 26.7. The van der Waals surface area contributed by atoms with Crippen molar-refractivity contribution < 1.29 is 79.0 Å². The topological polar surface area (TPSA) is 0 Å². The van der Waals surface area contributed by atoms with Crippen LogP contribution in [0, 0.1) is 6.67 Å². The monoisotopic (exact) mass is 465 g/mol. The molecule has 0 saturated heterocycles. The molecule has 18 heteroatoms. The number of halogens is 18. The molecule has 1 radical (unpaired) electrons. The zero-order chi connectivity index (χ0) is 23.4. The molecule has 0 aromatic heterocycles. The highest BCUT2D eigenvalue weighted by molar-refractivity contribution is 5.15. The first-order valence-electron chi connectivity index (χ1n) is 5.94. The lowest BCUT2D eigenvalue weighted by Gasteiger charge is -2.42. The van der Waals surface area contributed by atoms with Crippen LogP contribution < -0.4 is 0 Å². The molecule has 0 aromatic rings. The molecule has 169 valence electrons. The van der Waals surface area contributed by atoms with E-state index in [1.807, 2.05) is 0 Å². The molecule has 0 aliphatic carbocycles.